The number of aromatic nitrogens is 4. The molecule has 3 aromatic rings. The molecule has 1 aliphatic rings. The summed E-state index contributed by atoms with van der Waals surface area (Å²) in [5.74, 6) is 3.09. The molecule has 0 spiro atoms. The molecule has 0 saturated heterocycles. The Bertz CT molecular complexity index is 892. The summed E-state index contributed by atoms with van der Waals surface area (Å²) in [5.41, 5.74) is 2.10. The summed E-state index contributed by atoms with van der Waals surface area (Å²) < 4.78 is 13.2. The minimum atomic E-state index is 0.0664. The Kier molecular flexibility index (Phi) is 4.13. The molecule has 0 fully saturated rings. The first-order chi connectivity index (χ1) is 12.2. The second-order valence-corrected chi connectivity index (χ2v) is 6.08. The topological polar surface area (TPSA) is 73.6 Å². The van der Waals surface area contributed by atoms with Crippen molar-refractivity contribution in [1.82, 2.24) is 19.6 Å². The van der Waals surface area contributed by atoms with Crippen LogP contribution in [-0.4, -0.2) is 32.8 Å². The van der Waals surface area contributed by atoms with E-state index < -0.39 is 0 Å². The van der Waals surface area contributed by atoms with E-state index >= 15 is 0 Å². The van der Waals surface area contributed by atoms with Crippen LogP contribution < -0.4 is 14.8 Å². The van der Waals surface area contributed by atoms with Crippen molar-refractivity contribution in [3.05, 3.63) is 41.9 Å². The number of nitrogens with zero attached hydrogens (tertiary/aromatic N) is 4. The van der Waals surface area contributed by atoms with Gasteiger partial charge in [-0.3, -0.25) is 0 Å². The minimum absolute atomic E-state index is 0.0664. The van der Waals surface area contributed by atoms with Gasteiger partial charge in [-0.2, -0.15) is 14.6 Å². The normalized spacial score (nSPS) is 15.0. The lowest BCUT2D eigenvalue weighted by atomic mass is 10.1. The fraction of sp³-hybridized carbons (Fsp3) is 0.389. The molecule has 2 aromatic heterocycles. The van der Waals surface area contributed by atoms with Crippen LogP contribution in [-0.2, 0) is 6.42 Å². The Balaban J connectivity index is 1.63. The summed E-state index contributed by atoms with van der Waals surface area (Å²) in [6.45, 7) is 5.56. The van der Waals surface area contributed by atoms with Crippen molar-refractivity contribution in [2.45, 2.75) is 32.7 Å². The quantitative estimate of drug-likeness (QED) is 0.788. The highest BCUT2D eigenvalue weighted by Gasteiger charge is 2.15. The molecule has 0 radical (unpaired) electrons. The van der Waals surface area contributed by atoms with E-state index in [9.17, 15) is 0 Å². The van der Waals surface area contributed by atoms with Crippen LogP contribution in [0.15, 0.2) is 30.6 Å². The largest absolute Gasteiger partial charge is 0.490 e. The van der Waals surface area contributed by atoms with Crippen molar-refractivity contribution in [3.8, 4) is 11.5 Å². The number of fused-ring (bicyclic) bond motifs is 2. The lowest BCUT2D eigenvalue weighted by Gasteiger charge is -2.18. The standard InChI is InChI=1S/C18H21N5O2/c1-3-14-10-17(23-18(22-14)19-11-20-23)21-12(2)13-5-6-15-16(9-13)25-8-4-7-24-15/h5-6,9-12,21H,3-4,7-8H2,1-2H3. The molecule has 0 saturated carbocycles. The number of aryl methyl sites for hydroxylation is 1. The highest BCUT2D eigenvalue weighted by molar-refractivity contribution is 5.49. The molecule has 1 unspecified atom stereocenters. The van der Waals surface area contributed by atoms with E-state index in [4.69, 9.17) is 9.47 Å². The summed E-state index contributed by atoms with van der Waals surface area (Å²) in [7, 11) is 0. The molecule has 130 valence electrons. The van der Waals surface area contributed by atoms with Crippen LogP contribution in [0.2, 0.25) is 0 Å². The molecule has 1 aromatic carbocycles. The van der Waals surface area contributed by atoms with Gasteiger partial charge in [0, 0.05) is 18.2 Å². The third kappa shape index (κ3) is 3.09. The molecule has 1 aliphatic heterocycles. The maximum absolute atomic E-state index is 5.79. The predicted octanol–water partition coefficient (Wildman–Crippen LogP) is 3.02. The summed E-state index contributed by atoms with van der Waals surface area (Å²) in [4.78, 5) is 8.68. The molecule has 3 heterocycles. The third-order valence-corrected chi connectivity index (χ3v) is 4.30. The summed E-state index contributed by atoms with van der Waals surface area (Å²) in [6, 6.07) is 8.16. The summed E-state index contributed by atoms with van der Waals surface area (Å²) in [5, 5.41) is 7.77. The molecular weight excluding hydrogens is 318 g/mol. The number of ether oxygens (including phenoxy) is 2. The molecule has 0 amide bonds. The first-order valence-electron chi connectivity index (χ1n) is 8.60. The Hall–Kier alpha value is -2.83. The first kappa shape index (κ1) is 15.7. The smallest absolute Gasteiger partial charge is 0.254 e. The maximum atomic E-state index is 5.79. The number of nitrogens with one attached hydrogen (secondary N) is 1. The van der Waals surface area contributed by atoms with Gasteiger partial charge in [-0.1, -0.05) is 13.0 Å². The highest BCUT2D eigenvalue weighted by atomic mass is 16.5. The second-order valence-electron chi connectivity index (χ2n) is 6.08. The van der Waals surface area contributed by atoms with E-state index in [1.165, 1.54) is 6.33 Å². The Morgan fingerprint density at radius 3 is 2.88 bits per heavy atom. The molecule has 1 N–H and O–H groups in total. The molecular formula is C18H21N5O2. The maximum Gasteiger partial charge on any atom is 0.254 e. The molecule has 0 aliphatic carbocycles. The van der Waals surface area contributed by atoms with Gasteiger partial charge in [-0.15, -0.1) is 0 Å². The van der Waals surface area contributed by atoms with Crippen LogP contribution >= 0.6 is 0 Å². The van der Waals surface area contributed by atoms with Gasteiger partial charge in [-0.25, -0.2) is 4.98 Å². The minimum Gasteiger partial charge on any atom is -0.490 e. The van der Waals surface area contributed by atoms with Gasteiger partial charge in [0.2, 0.25) is 0 Å². The number of rotatable bonds is 4. The monoisotopic (exact) mass is 339 g/mol. The van der Waals surface area contributed by atoms with Crippen LogP contribution in [0.3, 0.4) is 0 Å². The summed E-state index contributed by atoms with van der Waals surface area (Å²) in [6.07, 6.45) is 3.26. The van der Waals surface area contributed by atoms with Gasteiger partial charge < -0.3 is 14.8 Å². The van der Waals surface area contributed by atoms with E-state index in [2.05, 4.69) is 40.3 Å². The molecule has 1 atom stereocenters. The van der Waals surface area contributed by atoms with Gasteiger partial charge in [0.25, 0.3) is 5.78 Å². The van der Waals surface area contributed by atoms with Crippen molar-refractivity contribution < 1.29 is 9.47 Å². The van der Waals surface area contributed by atoms with Crippen molar-refractivity contribution >= 4 is 11.6 Å². The van der Waals surface area contributed by atoms with Crippen molar-refractivity contribution in [3.63, 3.8) is 0 Å². The van der Waals surface area contributed by atoms with Crippen LogP contribution in [0.4, 0.5) is 5.82 Å². The summed E-state index contributed by atoms with van der Waals surface area (Å²) >= 11 is 0. The molecule has 7 heteroatoms. The number of anilines is 1. The van der Waals surface area contributed by atoms with Gasteiger partial charge in [0.05, 0.1) is 19.3 Å². The van der Waals surface area contributed by atoms with Crippen LogP contribution in [0.25, 0.3) is 5.78 Å². The van der Waals surface area contributed by atoms with E-state index in [1.807, 2.05) is 18.2 Å². The third-order valence-electron chi connectivity index (χ3n) is 4.30. The Labute approximate surface area is 146 Å². The van der Waals surface area contributed by atoms with Crippen LogP contribution in [0.1, 0.15) is 37.6 Å². The zero-order chi connectivity index (χ0) is 17.2. The molecule has 4 rings (SSSR count). The fourth-order valence-corrected chi connectivity index (χ4v) is 2.90. The lowest BCUT2D eigenvalue weighted by Crippen LogP contribution is -2.12. The number of benzene rings is 1. The SMILES string of the molecule is CCc1cc(NC(C)c2ccc3c(c2)OCCCO3)n2ncnc2n1. The zero-order valence-corrected chi connectivity index (χ0v) is 14.4. The van der Waals surface area contributed by atoms with Crippen molar-refractivity contribution in [2.75, 3.05) is 18.5 Å². The molecule has 7 nitrogen and oxygen atoms in total. The first-order valence-corrected chi connectivity index (χ1v) is 8.60. The highest BCUT2D eigenvalue weighted by Crippen LogP contribution is 2.33. The van der Waals surface area contributed by atoms with Crippen molar-refractivity contribution in [1.29, 1.82) is 0 Å². The van der Waals surface area contributed by atoms with E-state index in [0.717, 1.165) is 41.4 Å². The van der Waals surface area contributed by atoms with Crippen LogP contribution in [0.5, 0.6) is 11.5 Å². The van der Waals surface area contributed by atoms with Gasteiger partial charge in [0.1, 0.15) is 12.1 Å². The predicted molar refractivity (Wildman–Crippen MR) is 94.2 cm³/mol. The van der Waals surface area contributed by atoms with Crippen LogP contribution in [0, 0.1) is 0 Å². The van der Waals surface area contributed by atoms with Gasteiger partial charge >= 0.3 is 0 Å². The molecule has 25 heavy (non-hydrogen) atoms. The fourth-order valence-electron chi connectivity index (χ4n) is 2.90. The van der Waals surface area contributed by atoms with E-state index in [0.29, 0.717) is 19.0 Å². The Morgan fingerprint density at radius 2 is 2.04 bits per heavy atom. The lowest BCUT2D eigenvalue weighted by molar-refractivity contribution is 0.297. The molecule has 0 bridgehead atoms. The van der Waals surface area contributed by atoms with E-state index in [1.54, 1.807) is 4.52 Å². The zero-order valence-electron chi connectivity index (χ0n) is 14.4. The second kappa shape index (κ2) is 6.58. The average Bonchev–Trinajstić information content (AvgIpc) is 2.98. The van der Waals surface area contributed by atoms with Gasteiger partial charge in [0.15, 0.2) is 11.5 Å². The average molecular weight is 339 g/mol. The number of hydrogen-bond acceptors (Lipinski definition) is 6. The van der Waals surface area contributed by atoms with Gasteiger partial charge in [-0.05, 0) is 31.0 Å². The van der Waals surface area contributed by atoms with Crippen molar-refractivity contribution in [2.24, 2.45) is 0 Å². The van der Waals surface area contributed by atoms with E-state index in [-0.39, 0.29) is 6.04 Å². The Morgan fingerprint density at radius 1 is 1.20 bits per heavy atom. The number of hydrogen-bond donors (Lipinski definition) is 1.